The average molecular weight is 457 g/mol. The van der Waals surface area contributed by atoms with E-state index in [0.29, 0.717) is 5.82 Å². The Morgan fingerprint density at radius 1 is 1.09 bits per heavy atom. The summed E-state index contributed by atoms with van der Waals surface area (Å²) in [5.74, 6) is 0.114. The summed E-state index contributed by atoms with van der Waals surface area (Å²) < 4.78 is 9.30. The van der Waals surface area contributed by atoms with Crippen LogP contribution in [0.1, 0.15) is 13.2 Å². The maximum atomic E-state index is 11.8. The Hall–Kier alpha value is -2.89. The van der Waals surface area contributed by atoms with Gasteiger partial charge in [0.05, 0.1) is 6.61 Å². The zero-order chi connectivity index (χ0) is 22.8. The Labute approximate surface area is 189 Å². The van der Waals surface area contributed by atoms with E-state index in [1.807, 2.05) is 60.7 Å². The van der Waals surface area contributed by atoms with E-state index in [1.165, 1.54) is 11.6 Å². The van der Waals surface area contributed by atoms with Crippen molar-refractivity contribution in [1.82, 2.24) is 19.7 Å². The maximum Gasteiger partial charge on any atom is 0.217 e. The second-order valence-corrected chi connectivity index (χ2v) is 7.91. The molecule has 32 heavy (non-hydrogen) atoms. The number of nitrogens with zero attached hydrogens (tertiary/aromatic N) is 3. The Bertz CT molecular complexity index is 1130. The van der Waals surface area contributed by atoms with Crippen molar-refractivity contribution in [3.05, 3.63) is 65.4 Å². The smallest absolute Gasteiger partial charge is 0.217 e. The van der Waals surface area contributed by atoms with Gasteiger partial charge in [0.1, 0.15) is 24.4 Å². The van der Waals surface area contributed by atoms with Gasteiger partial charge < -0.3 is 25.4 Å². The van der Waals surface area contributed by atoms with Crippen LogP contribution >= 0.6 is 12.2 Å². The third-order valence-corrected chi connectivity index (χ3v) is 5.73. The van der Waals surface area contributed by atoms with Crippen LogP contribution in [0.4, 0.5) is 0 Å². The fourth-order valence-electron chi connectivity index (χ4n) is 3.83. The van der Waals surface area contributed by atoms with Crippen molar-refractivity contribution in [3.8, 4) is 17.1 Å². The monoisotopic (exact) mass is 456 g/mol. The van der Waals surface area contributed by atoms with Crippen molar-refractivity contribution in [2.75, 3.05) is 6.61 Å². The molecule has 2 heterocycles. The molecule has 0 bridgehead atoms. The van der Waals surface area contributed by atoms with Crippen LogP contribution in [0.2, 0.25) is 0 Å². The molecule has 1 aliphatic heterocycles. The van der Waals surface area contributed by atoms with Crippen LogP contribution in [-0.2, 0) is 9.53 Å². The molecule has 0 radical (unpaired) electrons. The molecule has 4 rings (SSSR count). The maximum absolute atomic E-state index is 11.8. The minimum Gasteiger partial charge on any atom is -0.394 e. The summed E-state index contributed by atoms with van der Waals surface area (Å²) >= 11 is 5.75. The summed E-state index contributed by atoms with van der Waals surface area (Å²) in [6.45, 7) is 0.769. The topological polar surface area (TPSA) is 122 Å². The lowest BCUT2D eigenvalue weighted by molar-refractivity contribution is -0.219. The van der Waals surface area contributed by atoms with Crippen LogP contribution in [0.3, 0.4) is 0 Å². The number of rotatable bonds is 5. The Morgan fingerprint density at radius 3 is 2.31 bits per heavy atom. The van der Waals surface area contributed by atoms with Crippen molar-refractivity contribution in [2.24, 2.45) is 0 Å². The first-order valence-corrected chi connectivity index (χ1v) is 10.5. The van der Waals surface area contributed by atoms with Gasteiger partial charge in [-0.25, -0.2) is 4.68 Å². The number of amides is 1. The predicted octanol–water partition coefficient (Wildman–Crippen LogP) is 1.19. The van der Waals surface area contributed by atoms with Gasteiger partial charge in [-0.05, 0) is 24.4 Å². The molecule has 1 amide bonds. The SMILES string of the molecule is CC(=O)N[C@@H]1[C@H](O)[C@H](O)[C@@H](CO)O[C@@H]1n1nc(-c2ccccc2)n(-c2ccccc2)c1=S. The van der Waals surface area contributed by atoms with E-state index in [0.717, 1.165) is 11.3 Å². The molecule has 10 heteroatoms. The van der Waals surface area contributed by atoms with Gasteiger partial charge in [-0.2, -0.15) is 0 Å². The predicted molar refractivity (Wildman–Crippen MR) is 118 cm³/mol. The molecule has 1 aromatic heterocycles. The molecule has 1 fully saturated rings. The van der Waals surface area contributed by atoms with Crippen LogP contribution in [-0.4, -0.2) is 66.5 Å². The number of benzene rings is 2. The van der Waals surface area contributed by atoms with Crippen molar-refractivity contribution in [3.63, 3.8) is 0 Å². The molecule has 3 aromatic rings. The minimum atomic E-state index is -1.40. The van der Waals surface area contributed by atoms with Gasteiger partial charge in [0, 0.05) is 18.2 Å². The summed E-state index contributed by atoms with van der Waals surface area (Å²) in [4.78, 5) is 11.8. The number of nitrogens with one attached hydrogen (secondary N) is 1. The molecule has 0 saturated carbocycles. The summed E-state index contributed by atoms with van der Waals surface area (Å²) in [5.41, 5.74) is 1.57. The number of aliphatic hydroxyl groups excluding tert-OH is 3. The zero-order valence-corrected chi connectivity index (χ0v) is 18.1. The van der Waals surface area contributed by atoms with Crippen molar-refractivity contribution in [1.29, 1.82) is 0 Å². The zero-order valence-electron chi connectivity index (χ0n) is 17.3. The van der Waals surface area contributed by atoms with E-state index in [-0.39, 0.29) is 4.77 Å². The molecule has 168 valence electrons. The van der Waals surface area contributed by atoms with E-state index in [1.54, 1.807) is 4.57 Å². The Kier molecular flexibility index (Phi) is 6.49. The largest absolute Gasteiger partial charge is 0.394 e. The molecule has 2 aromatic carbocycles. The number of aliphatic hydroxyl groups is 3. The number of ether oxygens (including phenoxy) is 1. The highest BCUT2D eigenvalue weighted by atomic mass is 32.1. The summed E-state index contributed by atoms with van der Waals surface area (Å²) in [7, 11) is 0. The molecular weight excluding hydrogens is 432 g/mol. The molecular formula is C22H24N4O5S. The lowest BCUT2D eigenvalue weighted by Gasteiger charge is -2.42. The highest BCUT2D eigenvalue weighted by molar-refractivity contribution is 7.71. The van der Waals surface area contributed by atoms with Crippen LogP contribution in [0.25, 0.3) is 17.1 Å². The standard InChI is InChI=1S/C22H24N4O5S/c1-13(28)23-17-19(30)18(29)16(12-27)31-21(17)26-22(32)25(15-10-6-3-7-11-15)20(24-26)14-8-4-2-5-9-14/h2-11,16-19,21,27,29-30H,12H2,1H3,(H,23,28)/t16-,17-,18-,19+,21+/m1/s1. The molecule has 0 unspecified atom stereocenters. The van der Waals surface area contributed by atoms with Crippen molar-refractivity contribution >= 4 is 18.1 Å². The molecule has 0 spiro atoms. The first kappa shape index (κ1) is 22.3. The number of carbonyl (C=O) groups is 1. The van der Waals surface area contributed by atoms with Gasteiger partial charge in [0.2, 0.25) is 10.7 Å². The Balaban J connectivity index is 1.89. The van der Waals surface area contributed by atoms with Gasteiger partial charge in [0.15, 0.2) is 12.1 Å². The molecule has 9 nitrogen and oxygen atoms in total. The number of para-hydroxylation sites is 1. The number of aromatic nitrogens is 3. The third kappa shape index (κ3) is 4.10. The number of hydrogen-bond donors (Lipinski definition) is 4. The fourth-order valence-corrected chi connectivity index (χ4v) is 4.17. The van der Waals surface area contributed by atoms with Crippen LogP contribution in [0, 0.1) is 4.77 Å². The normalized spacial score (nSPS) is 25.4. The lowest BCUT2D eigenvalue weighted by Crippen LogP contribution is -2.62. The first-order valence-electron chi connectivity index (χ1n) is 10.1. The quantitative estimate of drug-likeness (QED) is 0.426. The third-order valence-electron chi connectivity index (χ3n) is 5.36. The summed E-state index contributed by atoms with van der Waals surface area (Å²) in [6.07, 6.45) is -4.94. The van der Waals surface area contributed by atoms with Crippen LogP contribution < -0.4 is 5.32 Å². The summed E-state index contributed by atoms with van der Waals surface area (Å²) in [5, 5.41) is 38.0. The number of carbonyl (C=O) groups excluding carboxylic acids is 1. The van der Waals surface area contributed by atoms with Gasteiger partial charge >= 0.3 is 0 Å². The molecule has 1 aliphatic rings. The molecule has 4 N–H and O–H groups in total. The van der Waals surface area contributed by atoms with Gasteiger partial charge in [-0.3, -0.25) is 9.36 Å². The minimum absolute atomic E-state index is 0.260. The fraction of sp³-hybridized carbons (Fsp3) is 0.318. The van der Waals surface area contributed by atoms with Gasteiger partial charge in [-0.15, -0.1) is 5.10 Å². The van der Waals surface area contributed by atoms with E-state index in [2.05, 4.69) is 5.32 Å². The average Bonchev–Trinajstić information content (AvgIpc) is 3.15. The summed E-state index contributed by atoms with van der Waals surface area (Å²) in [6, 6.07) is 17.8. The van der Waals surface area contributed by atoms with Crippen molar-refractivity contribution in [2.45, 2.75) is 37.5 Å². The highest BCUT2D eigenvalue weighted by Gasteiger charge is 2.46. The molecule has 5 atom stereocenters. The second kappa shape index (κ2) is 9.31. The molecule has 1 saturated heterocycles. The van der Waals surface area contributed by atoms with Gasteiger partial charge in [0.25, 0.3) is 0 Å². The van der Waals surface area contributed by atoms with Crippen molar-refractivity contribution < 1.29 is 24.9 Å². The van der Waals surface area contributed by atoms with E-state index in [9.17, 15) is 20.1 Å². The second-order valence-electron chi connectivity index (χ2n) is 7.54. The number of hydrogen-bond acceptors (Lipinski definition) is 7. The van der Waals surface area contributed by atoms with E-state index >= 15 is 0 Å². The lowest BCUT2D eigenvalue weighted by atomic mass is 9.96. The first-order chi connectivity index (χ1) is 15.4. The van der Waals surface area contributed by atoms with E-state index in [4.69, 9.17) is 22.1 Å². The van der Waals surface area contributed by atoms with Crippen LogP contribution in [0.5, 0.6) is 0 Å². The van der Waals surface area contributed by atoms with E-state index < -0.39 is 43.1 Å². The Morgan fingerprint density at radius 2 is 1.72 bits per heavy atom. The van der Waals surface area contributed by atoms with Crippen LogP contribution in [0.15, 0.2) is 60.7 Å². The van der Waals surface area contributed by atoms with Gasteiger partial charge in [-0.1, -0.05) is 48.5 Å². The highest BCUT2D eigenvalue weighted by Crippen LogP contribution is 2.31. The molecule has 0 aliphatic carbocycles.